The van der Waals surface area contributed by atoms with Crippen LogP contribution in [0.5, 0.6) is 0 Å². The Morgan fingerprint density at radius 3 is 2.67 bits per heavy atom. The van der Waals surface area contributed by atoms with Crippen molar-refractivity contribution in [2.75, 3.05) is 0 Å². The summed E-state index contributed by atoms with van der Waals surface area (Å²) in [6.45, 7) is 0. The Morgan fingerprint density at radius 1 is 0.933 bits per heavy atom. The molecule has 15 heavy (non-hydrogen) atoms. The van der Waals surface area contributed by atoms with Crippen molar-refractivity contribution in [1.29, 1.82) is 0 Å². The highest BCUT2D eigenvalue weighted by atomic mass is 15.5. The second kappa shape index (κ2) is 3.16. The first-order valence-corrected chi connectivity index (χ1v) is 4.65. The molecule has 0 saturated heterocycles. The van der Waals surface area contributed by atoms with Crippen LogP contribution < -0.4 is 0 Å². The molecule has 0 fully saturated rings. The molecular weight excluding hydrogens is 188 g/mol. The normalized spacial score (nSPS) is 10.7. The summed E-state index contributed by atoms with van der Waals surface area (Å²) in [5.74, 6) is 0. The van der Waals surface area contributed by atoms with E-state index in [-0.39, 0.29) is 0 Å². The van der Waals surface area contributed by atoms with E-state index in [1.807, 2.05) is 30.3 Å². The predicted molar refractivity (Wildman–Crippen MR) is 56.7 cm³/mol. The van der Waals surface area contributed by atoms with Crippen molar-refractivity contribution >= 4 is 10.9 Å². The molecule has 0 aliphatic rings. The van der Waals surface area contributed by atoms with Crippen molar-refractivity contribution in [1.82, 2.24) is 20.0 Å². The van der Waals surface area contributed by atoms with Gasteiger partial charge in [0, 0.05) is 11.6 Å². The molecule has 0 saturated carbocycles. The van der Waals surface area contributed by atoms with Crippen LogP contribution >= 0.6 is 0 Å². The molecule has 0 N–H and O–H groups in total. The number of rotatable bonds is 1. The van der Waals surface area contributed by atoms with Gasteiger partial charge in [0.15, 0.2) is 0 Å². The Hall–Kier alpha value is -2.23. The minimum atomic E-state index is 0.945. The molecule has 4 heteroatoms. The first-order valence-electron chi connectivity index (χ1n) is 4.65. The Labute approximate surface area is 86.2 Å². The van der Waals surface area contributed by atoms with E-state index < -0.39 is 0 Å². The fraction of sp³-hybridized carbons (Fsp3) is 0. The van der Waals surface area contributed by atoms with Crippen LogP contribution in [0.3, 0.4) is 0 Å². The highest BCUT2D eigenvalue weighted by molar-refractivity contribution is 5.80. The first-order chi connectivity index (χ1) is 7.43. The zero-order valence-electron chi connectivity index (χ0n) is 7.91. The highest BCUT2D eigenvalue weighted by Crippen LogP contribution is 2.14. The molecule has 4 nitrogen and oxygen atoms in total. The Balaban J connectivity index is 2.22. The number of hydrogen-bond donors (Lipinski definition) is 0. The number of benzene rings is 1. The van der Waals surface area contributed by atoms with Gasteiger partial charge in [-0.2, -0.15) is 15.0 Å². The molecule has 0 aliphatic carbocycles. The molecule has 0 bridgehead atoms. The topological polar surface area (TPSA) is 43.6 Å². The first kappa shape index (κ1) is 8.11. The van der Waals surface area contributed by atoms with Gasteiger partial charge in [-0.25, -0.2) is 0 Å². The number of nitrogens with zero attached hydrogens (tertiary/aromatic N) is 4. The van der Waals surface area contributed by atoms with Crippen molar-refractivity contribution < 1.29 is 0 Å². The molecular formula is C11H8N4. The van der Waals surface area contributed by atoms with Gasteiger partial charge in [0.1, 0.15) is 0 Å². The second-order valence-electron chi connectivity index (χ2n) is 3.20. The van der Waals surface area contributed by atoms with E-state index in [1.54, 1.807) is 23.4 Å². The van der Waals surface area contributed by atoms with Crippen LogP contribution in [-0.4, -0.2) is 20.0 Å². The lowest BCUT2D eigenvalue weighted by Gasteiger charge is -2.01. The van der Waals surface area contributed by atoms with E-state index in [4.69, 9.17) is 0 Å². The molecule has 2 heterocycles. The SMILES string of the molecule is c1cnc2ccc(-n3nccn3)cc2c1. The minimum Gasteiger partial charge on any atom is -0.256 e. The van der Waals surface area contributed by atoms with Crippen LogP contribution in [0.1, 0.15) is 0 Å². The summed E-state index contributed by atoms with van der Waals surface area (Å²) in [5, 5.41) is 9.25. The van der Waals surface area contributed by atoms with Gasteiger partial charge in [-0.1, -0.05) is 6.07 Å². The Bertz CT molecular complexity index is 586. The quantitative estimate of drug-likeness (QED) is 0.596. The summed E-state index contributed by atoms with van der Waals surface area (Å²) in [6, 6.07) is 9.88. The molecule has 0 spiro atoms. The zero-order valence-corrected chi connectivity index (χ0v) is 7.91. The fourth-order valence-corrected chi connectivity index (χ4v) is 1.54. The maximum absolute atomic E-state index is 4.25. The van der Waals surface area contributed by atoms with Crippen LogP contribution in [0, 0.1) is 0 Å². The number of aromatic nitrogens is 4. The van der Waals surface area contributed by atoms with Gasteiger partial charge in [0.05, 0.1) is 23.6 Å². The summed E-state index contributed by atoms with van der Waals surface area (Å²) >= 11 is 0. The lowest BCUT2D eigenvalue weighted by Crippen LogP contribution is -1.97. The van der Waals surface area contributed by atoms with E-state index in [0.717, 1.165) is 16.6 Å². The zero-order chi connectivity index (χ0) is 10.1. The van der Waals surface area contributed by atoms with Crippen molar-refractivity contribution in [2.24, 2.45) is 0 Å². The van der Waals surface area contributed by atoms with Crippen molar-refractivity contribution in [2.45, 2.75) is 0 Å². The van der Waals surface area contributed by atoms with Gasteiger partial charge in [0.2, 0.25) is 0 Å². The predicted octanol–water partition coefficient (Wildman–Crippen LogP) is 1.82. The number of hydrogen-bond acceptors (Lipinski definition) is 3. The van der Waals surface area contributed by atoms with E-state index in [1.165, 1.54) is 0 Å². The van der Waals surface area contributed by atoms with E-state index >= 15 is 0 Å². The summed E-state index contributed by atoms with van der Waals surface area (Å²) in [5.41, 5.74) is 1.92. The van der Waals surface area contributed by atoms with Crippen LogP contribution in [0.25, 0.3) is 16.6 Å². The molecule has 1 aromatic carbocycles. The third-order valence-electron chi connectivity index (χ3n) is 2.24. The van der Waals surface area contributed by atoms with E-state index in [2.05, 4.69) is 15.2 Å². The van der Waals surface area contributed by atoms with Gasteiger partial charge in [-0.15, -0.1) is 0 Å². The average Bonchev–Trinajstić information content (AvgIpc) is 2.82. The molecule has 0 amide bonds. The average molecular weight is 196 g/mol. The van der Waals surface area contributed by atoms with Gasteiger partial charge >= 0.3 is 0 Å². The second-order valence-corrected chi connectivity index (χ2v) is 3.20. The maximum atomic E-state index is 4.25. The van der Waals surface area contributed by atoms with Crippen molar-refractivity contribution in [3.8, 4) is 5.69 Å². The van der Waals surface area contributed by atoms with Gasteiger partial charge < -0.3 is 0 Å². The molecule has 3 aromatic rings. The van der Waals surface area contributed by atoms with Crippen LogP contribution in [0.4, 0.5) is 0 Å². The molecule has 0 unspecified atom stereocenters. The molecule has 2 aromatic heterocycles. The monoisotopic (exact) mass is 196 g/mol. The van der Waals surface area contributed by atoms with E-state index in [0.29, 0.717) is 0 Å². The minimum absolute atomic E-state index is 0.945. The van der Waals surface area contributed by atoms with Crippen LogP contribution in [0.15, 0.2) is 48.9 Å². The standard InChI is InChI=1S/C11H8N4/c1-2-9-8-10(15-13-6-7-14-15)3-4-11(9)12-5-1/h1-8H. The molecule has 72 valence electrons. The van der Waals surface area contributed by atoms with Crippen LogP contribution in [-0.2, 0) is 0 Å². The smallest absolute Gasteiger partial charge is 0.0864 e. The third kappa shape index (κ3) is 1.36. The summed E-state index contributed by atoms with van der Waals surface area (Å²) < 4.78 is 0. The van der Waals surface area contributed by atoms with E-state index in [9.17, 15) is 0 Å². The number of pyridine rings is 1. The summed E-state index contributed by atoms with van der Waals surface area (Å²) in [4.78, 5) is 5.84. The Kier molecular flexibility index (Phi) is 1.71. The molecule has 0 aliphatic heterocycles. The van der Waals surface area contributed by atoms with Crippen molar-refractivity contribution in [3.63, 3.8) is 0 Å². The summed E-state index contributed by atoms with van der Waals surface area (Å²) in [6.07, 6.45) is 5.11. The van der Waals surface area contributed by atoms with Crippen molar-refractivity contribution in [3.05, 3.63) is 48.9 Å². The molecule has 0 atom stereocenters. The number of fused-ring (bicyclic) bond motifs is 1. The fourth-order valence-electron chi connectivity index (χ4n) is 1.54. The lowest BCUT2D eigenvalue weighted by molar-refractivity contribution is 0.753. The largest absolute Gasteiger partial charge is 0.256 e. The highest BCUT2D eigenvalue weighted by Gasteiger charge is 1.99. The Morgan fingerprint density at radius 2 is 1.80 bits per heavy atom. The van der Waals surface area contributed by atoms with Gasteiger partial charge in [-0.3, -0.25) is 4.98 Å². The molecule has 3 rings (SSSR count). The van der Waals surface area contributed by atoms with Crippen LogP contribution in [0.2, 0.25) is 0 Å². The lowest BCUT2D eigenvalue weighted by atomic mass is 10.2. The van der Waals surface area contributed by atoms with Gasteiger partial charge in [0.25, 0.3) is 0 Å². The summed E-state index contributed by atoms with van der Waals surface area (Å²) in [7, 11) is 0. The maximum Gasteiger partial charge on any atom is 0.0864 e. The molecule has 0 radical (unpaired) electrons. The third-order valence-corrected chi connectivity index (χ3v) is 2.24. The van der Waals surface area contributed by atoms with Gasteiger partial charge in [-0.05, 0) is 24.3 Å².